The highest BCUT2D eigenvalue weighted by Crippen LogP contribution is 2.39. The van der Waals surface area contributed by atoms with Gasteiger partial charge in [0.2, 0.25) is 5.91 Å². The number of rotatable bonds is 5. The fourth-order valence-corrected chi connectivity index (χ4v) is 3.01. The average Bonchev–Trinajstić information content (AvgIpc) is 2.70. The third kappa shape index (κ3) is 4.43. The van der Waals surface area contributed by atoms with Gasteiger partial charge in [-0.25, -0.2) is 9.18 Å². The summed E-state index contributed by atoms with van der Waals surface area (Å²) in [6.07, 6.45) is 0. The van der Waals surface area contributed by atoms with Crippen LogP contribution in [0.3, 0.4) is 0 Å². The van der Waals surface area contributed by atoms with E-state index in [2.05, 4.69) is 5.32 Å². The number of halogens is 1. The quantitative estimate of drug-likeness (QED) is 0.598. The molecule has 0 spiro atoms. The molecule has 2 N–H and O–H groups in total. The molecule has 3 rings (SSSR count). The molecule has 0 radical (unpaired) electrons. The first-order chi connectivity index (χ1) is 13.9. The normalized spacial score (nSPS) is 10.4. The molecule has 0 fully saturated rings. The molecular formula is C23H20FNO4. The summed E-state index contributed by atoms with van der Waals surface area (Å²) < 4.78 is 19.3. The number of carbonyl (C=O) groups is 2. The molecule has 5 nitrogen and oxygen atoms in total. The Hall–Kier alpha value is -3.67. The van der Waals surface area contributed by atoms with Crippen LogP contribution in [0.4, 0.5) is 10.1 Å². The van der Waals surface area contributed by atoms with Crippen LogP contribution < -0.4 is 5.32 Å². The van der Waals surface area contributed by atoms with Gasteiger partial charge in [-0.2, -0.15) is 0 Å². The molecule has 0 aromatic heterocycles. The second-order valence-corrected chi connectivity index (χ2v) is 6.38. The summed E-state index contributed by atoms with van der Waals surface area (Å²) in [5, 5.41) is 13.2. The van der Waals surface area contributed by atoms with Crippen LogP contribution in [0, 0.1) is 5.82 Å². The molecule has 0 heterocycles. The molecule has 29 heavy (non-hydrogen) atoms. The third-order valence-electron chi connectivity index (χ3n) is 4.31. The van der Waals surface area contributed by atoms with Crippen LogP contribution in [0.5, 0.6) is 5.75 Å². The van der Waals surface area contributed by atoms with E-state index in [1.54, 1.807) is 55.5 Å². The van der Waals surface area contributed by atoms with Crippen molar-refractivity contribution in [3.05, 3.63) is 72.0 Å². The molecule has 3 aromatic rings. The minimum absolute atomic E-state index is 0.0415. The van der Waals surface area contributed by atoms with Gasteiger partial charge in [-0.1, -0.05) is 36.4 Å². The lowest BCUT2D eigenvalue weighted by Crippen LogP contribution is -2.07. The van der Waals surface area contributed by atoms with Crippen molar-refractivity contribution in [1.29, 1.82) is 0 Å². The Labute approximate surface area is 167 Å². The van der Waals surface area contributed by atoms with Gasteiger partial charge in [0, 0.05) is 18.1 Å². The van der Waals surface area contributed by atoms with Crippen LogP contribution in [0.1, 0.15) is 24.2 Å². The number of para-hydroxylation sites is 1. The Balaban J connectivity index is 2.01. The highest BCUT2D eigenvalue weighted by Gasteiger charge is 2.15. The van der Waals surface area contributed by atoms with E-state index in [1.807, 2.05) is 0 Å². The highest BCUT2D eigenvalue weighted by molar-refractivity contribution is 5.92. The number of anilines is 1. The van der Waals surface area contributed by atoms with E-state index >= 15 is 0 Å². The van der Waals surface area contributed by atoms with Gasteiger partial charge in [0.25, 0.3) is 0 Å². The summed E-state index contributed by atoms with van der Waals surface area (Å²) in [5.74, 6) is -1.46. The molecule has 0 aliphatic heterocycles. The van der Waals surface area contributed by atoms with E-state index in [9.17, 15) is 19.1 Å². The molecule has 0 bridgehead atoms. The van der Waals surface area contributed by atoms with Gasteiger partial charge >= 0.3 is 5.97 Å². The van der Waals surface area contributed by atoms with Crippen LogP contribution in [-0.2, 0) is 9.53 Å². The second-order valence-electron chi connectivity index (χ2n) is 6.38. The van der Waals surface area contributed by atoms with Crippen molar-refractivity contribution >= 4 is 17.6 Å². The predicted molar refractivity (Wildman–Crippen MR) is 109 cm³/mol. The second kappa shape index (κ2) is 8.56. The fraction of sp³-hybridized carbons (Fsp3) is 0.130. The van der Waals surface area contributed by atoms with Crippen molar-refractivity contribution in [2.45, 2.75) is 13.8 Å². The van der Waals surface area contributed by atoms with Crippen LogP contribution in [0.15, 0.2) is 60.7 Å². The zero-order valence-electron chi connectivity index (χ0n) is 16.0. The Bertz CT molecular complexity index is 1080. The Kier molecular flexibility index (Phi) is 5.93. The van der Waals surface area contributed by atoms with Gasteiger partial charge in [0.05, 0.1) is 17.9 Å². The van der Waals surface area contributed by atoms with Gasteiger partial charge < -0.3 is 15.2 Å². The summed E-state index contributed by atoms with van der Waals surface area (Å²) in [4.78, 5) is 23.1. The molecule has 0 atom stereocenters. The third-order valence-corrected chi connectivity index (χ3v) is 4.31. The smallest absolute Gasteiger partial charge is 0.338 e. The van der Waals surface area contributed by atoms with Gasteiger partial charge in [-0.15, -0.1) is 0 Å². The number of nitrogens with one attached hydrogen (secondary N) is 1. The number of esters is 1. The summed E-state index contributed by atoms with van der Waals surface area (Å²) in [6.45, 7) is 3.30. The standard InChI is InChI=1S/C23H20FNO4/c1-3-29-23(28)17-7-4-6-15(12-17)18-8-5-9-19(22(18)27)16-10-11-21(20(24)13-16)25-14(2)26/h4-13,27H,3H2,1-2H3,(H,25,26). The first kappa shape index (κ1) is 20.1. The molecule has 0 saturated carbocycles. The number of phenols is 1. The summed E-state index contributed by atoms with van der Waals surface area (Å²) >= 11 is 0. The summed E-state index contributed by atoms with van der Waals surface area (Å²) in [6, 6.07) is 16.2. The highest BCUT2D eigenvalue weighted by atomic mass is 19.1. The number of hydrogen-bond donors (Lipinski definition) is 2. The van der Waals surface area contributed by atoms with Gasteiger partial charge in [0.1, 0.15) is 11.6 Å². The van der Waals surface area contributed by atoms with E-state index in [-0.39, 0.29) is 24.0 Å². The predicted octanol–water partition coefficient (Wildman–Crippen LogP) is 5.00. The maximum atomic E-state index is 14.3. The Morgan fingerprint density at radius 2 is 1.66 bits per heavy atom. The van der Waals surface area contributed by atoms with Crippen molar-refractivity contribution in [2.24, 2.45) is 0 Å². The number of aromatic hydroxyl groups is 1. The summed E-state index contributed by atoms with van der Waals surface area (Å²) in [7, 11) is 0. The van der Waals surface area contributed by atoms with Crippen molar-refractivity contribution in [3.8, 4) is 28.0 Å². The molecule has 6 heteroatoms. The SMILES string of the molecule is CCOC(=O)c1cccc(-c2cccc(-c3ccc(NC(C)=O)c(F)c3)c2O)c1. The summed E-state index contributed by atoms with van der Waals surface area (Å²) in [5.41, 5.74) is 2.46. The van der Waals surface area contributed by atoms with E-state index in [0.717, 1.165) is 0 Å². The minimum atomic E-state index is -0.605. The van der Waals surface area contributed by atoms with Crippen LogP contribution in [-0.4, -0.2) is 23.6 Å². The lowest BCUT2D eigenvalue weighted by Gasteiger charge is -2.12. The average molecular weight is 393 g/mol. The number of carbonyl (C=O) groups excluding carboxylic acids is 2. The first-order valence-corrected chi connectivity index (χ1v) is 9.07. The van der Waals surface area contributed by atoms with Gasteiger partial charge in [0.15, 0.2) is 0 Å². The molecule has 1 amide bonds. The molecule has 0 saturated heterocycles. The molecule has 0 aliphatic carbocycles. The largest absolute Gasteiger partial charge is 0.507 e. The maximum absolute atomic E-state index is 14.3. The number of amides is 1. The molecular weight excluding hydrogens is 373 g/mol. The fourth-order valence-electron chi connectivity index (χ4n) is 3.01. The Morgan fingerprint density at radius 1 is 1.00 bits per heavy atom. The van der Waals surface area contributed by atoms with Crippen molar-refractivity contribution in [2.75, 3.05) is 11.9 Å². The number of ether oxygens (including phenoxy) is 1. The minimum Gasteiger partial charge on any atom is -0.507 e. The zero-order chi connectivity index (χ0) is 21.0. The van der Waals surface area contributed by atoms with Gasteiger partial charge in [-0.3, -0.25) is 4.79 Å². The van der Waals surface area contributed by atoms with Crippen molar-refractivity contribution in [1.82, 2.24) is 0 Å². The van der Waals surface area contributed by atoms with Crippen molar-refractivity contribution < 1.29 is 23.8 Å². The number of hydrogen-bond acceptors (Lipinski definition) is 4. The number of phenolic OH excluding ortho intramolecular Hbond substituents is 1. The van der Waals surface area contributed by atoms with E-state index in [0.29, 0.717) is 27.8 Å². The lowest BCUT2D eigenvalue weighted by molar-refractivity contribution is -0.114. The number of benzene rings is 3. The van der Waals surface area contributed by atoms with Crippen LogP contribution in [0.25, 0.3) is 22.3 Å². The lowest BCUT2D eigenvalue weighted by atomic mass is 9.96. The molecule has 148 valence electrons. The van der Waals surface area contributed by atoms with E-state index in [1.165, 1.54) is 19.1 Å². The first-order valence-electron chi connectivity index (χ1n) is 9.07. The topological polar surface area (TPSA) is 75.6 Å². The molecule has 3 aromatic carbocycles. The monoisotopic (exact) mass is 393 g/mol. The van der Waals surface area contributed by atoms with Crippen LogP contribution >= 0.6 is 0 Å². The van der Waals surface area contributed by atoms with Crippen molar-refractivity contribution in [3.63, 3.8) is 0 Å². The molecule has 0 aliphatic rings. The van der Waals surface area contributed by atoms with E-state index in [4.69, 9.17) is 4.74 Å². The maximum Gasteiger partial charge on any atom is 0.338 e. The van der Waals surface area contributed by atoms with E-state index < -0.39 is 11.8 Å². The Morgan fingerprint density at radius 3 is 2.28 bits per heavy atom. The van der Waals surface area contributed by atoms with Crippen LogP contribution in [0.2, 0.25) is 0 Å². The van der Waals surface area contributed by atoms with Gasteiger partial charge in [-0.05, 0) is 42.3 Å². The molecule has 0 unspecified atom stereocenters. The zero-order valence-corrected chi connectivity index (χ0v) is 16.0.